The third-order valence-electron chi connectivity index (χ3n) is 4.69. The first-order valence-corrected chi connectivity index (χ1v) is 10.9. The Labute approximate surface area is 165 Å². The molecule has 0 aliphatic rings. The van der Waals surface area contributed by atoms with Gasteiger partial charge in [-0.3, -0.25) is 4.79 Å². The Morgan fingerprint density at radius 2 is 1.48 bits per heavy atom. The monoisotopic (exact) mass is 374 g/mol. The van der Waals surface area contributed by atoms with E-state index in [1.54, 1.807) is 18.2 Å². The van der Waals surface area contributed by atoms with Crippen molar-refractivity contribution in [2.75, 3.05) is 0 Å². The van der Waals surface area contributed by atoms with Gasteiger partial charge < -0.3 is 9.84 Å². The van der Waals surface area contributed by atoms with Gasteiger partial charge in [0.2, 0.25) is 0 Å². The molecule has 1 aromatic carbocycles. The van der Waals surface area contributed by atoms with Gasteiger partial charge in [-0.15, -0.1) is 0 Å². The predicted molar refractivity (Wildman–Crippen MR) is 113 cm³/mol. The highest BCUT2D eigenvalue weighted by Gasteiger charge is 2.05. The summed E-state index contributed by atoms with van der Waals surface area (Å²) in [4.78, 5) is 11.7. The molecule has 0 atom stereocenters. The molecule has 1 N–H and O–H groups in total. The SMILES string of the molecule is CCCCCCCCC=CCCCCCCCC(=O)Oc1cccc(O)c1. The van der Waals surface area contributed by atoms with Gasteiger partial charge in [0.1, 0.15) is 11.5 Å². The molecule has 0 aromatic heterocycles. The Morgan fingerprint density at radius 1 is 0.889 bits per heavy atom. The Hall–Kier alpha value is -1.77. The zero-order chi connectivity index (χ0) is 19.6. The van der Waals surface area contributed by atoms with E-state index >= 15 is 0 Å². The quantitative estimate of drug-likeness (QED) is 0.142. The van der Waals surface area contributed by atoms with Crippen molar-refractivity contribution in [2.45, 2.75) is 96.8 Å². The zero-order valence-electron chi connectivity index (χ0n) is 17.1. The second-order valence-electron chi connectivity index (χ2n) is 7.31. The van der Waals surface area contributed by atoms with Crippen molar-refractivity contribution >= 4 is 5.97 Å². The Kier molecular flexibility index (Phi) is 14.1. The van der Waals surface area contributed by atoms with Gasteiger partial charge in [-0.2, -0.15) is 0 Å². The lowest BCUT2D eigenvalue weighted by molar-refractivity contribution is -0.134. The smallest absolute Gasteiger partial charge is 0.311 e. The van der Waals surface area contributed by atoms with Crippen molar-refractivity contribution in [2.24, 2.45) is 0 Å². The van der Waals surface area contributed by atoms with Gasteiger partial charge in [-0.1, -0.05) is 76.5 Å². The second kappa shape index (κ2) is 16.4. The summed E-state index contributed by atoms with van der Waals surface area (Å²) in [7, 11) is 0. The zero-order valence-corrected chi connectivity index (χ0v) is 17.1. The van der Waals surface area contributed by atoms with Crippen LogP contribution in [0.25, 0.3) is 0 Å². The van der Waals surface area contributed by atoms with Crippen LogP contribution in [0, 0.1) is 0 Å². The number of rotatable bonds is 16. The minimum absolute atomic E-state index is 0.112. The van der Waals surface area contributed by atoms with Crippen LogP contribution in [-0.2, 0) is 4.79 Å². The summed E-state index contributed by atoms with van der Waals surface area (Å²) < 4.78 is 5.21. The lowest BCUT2D eigenvalue weighted by Crippen LogP contribution is -2.07. The van der Waals surface area contributed by atoms with E-state index in [9.17, 15) is 9.90 Å². The van der Waals surface area contributed by atoms with Crippen LogP contribution in [0.1, 0.15) is 96.8 Å². The molecule has 1 rings (SSSR count). The number of hydrogen-bond donors (Lipinski definition) is 1. The molecular weight excluding hydrogens is 336 g/mol. The fraction of sp³-hybridized carbons (Fsp3) is 0.625. The third-order valence-corrected chi connectivity index (χ3v) is 4.69. The number of carbonyl (C=O) groups is 1. The number of unbranched alkanes of at least 4 members (excludes halogenated alkanes) is 11. The van der Waals surface area contributed by atoms with E-state index in [4.69, 9.17) is 4.74 Å². The van der Waals surface area contributed by atoms with Crippen LogP contribution in [0.15, 0.2) is 36.4 Å². The highest BCUT2D eigenvalue weighted by molar-refractivity contribution is 5.72. The fourth-order valence-electron chi connectivity index (χ4n) is 3.07. The maximum Gasteiger partial charge on any atom is 0.311 e. The minimum Gasteiger partial charge on any atom is -0.508 e. The Bertz CT molecular complexity index is 522. The number of phenols is 1. The van der Waals surface area contributed by atoms with Crippen LogP contribution in [-0.4, -0.2) is 11.1 Å². The van der Waals surface area contributed by atoms with Gasteiger partial charge in [-0.05, 0) is 44.2 Å². The normalized spacial score (nSPS) is 11.1. The van der Waals surface area contributed by atoms with Gasteiger partial charge in [-0.25, -0.2) is 0 Å². The number of phenolic OH excluding ortho intramolecular Hbond substituents is 1. The van der Waals surface area contributed by atoms with Crippen LogP contribution in [0.4, 0.5) is 0 Å². The second-order valence-corrected chi connectivity index (χ2v) is 7.31. The summed E-state index contributed by atoms with van der Waals surface area (Å²) in [5, 5.41) is 9.35. The Balaban J connectivity index is 1.87. The van der Waals surface area contributed by atoms with Crippen LogP contribution in [0.5, 0.6) is 11.5 Å². The van der Waals surface area contributed by atoms with Crippen LogP contribution < -0.4 is 4.74 Å². The minimum atomic E-state index is -0.224. The number of esters is 1. The maximum atomic E-state index is 11.7. The first-order chi connectivity index (χ1) is 13.2. The molecule has 0 radical (unpaired) electrons. The molecule has 0 spiro atoms. The van der Waals surface area contributed by atoms with Gasteiger partial charge in [0.05, 0.1) is 0 Å². The molecule has 0 saturated heterocycles. The van der Waals surface area contributed by atoms with E-state index in [-0.39, 0.29) is 11.7 Å². The van der Waals surface area contributed by atoms with E-state index in [1.165, 1.54) is 76.7 Å². The molecule has 1 aromatic rings. The van der Waals surface area contributed by atoms with Crippen molar-refractivity contribution < 1.29 is 14.6 Å². The number of allylic oxidation sites excluding steroid dienone is 2. The highest BCUT2D eigenvalue weighted by Crippen LogP contribution is 2.18. The van der Waals surface area contributed by atoms with Crippen molar-refractivity contribution in [1.29, 1.82) is 0 Å². The lowest BCUT2D eigenvalue weighted by Gasteiger charge is -2.04. The van der Waals surface area contributed by atoms with E-state index in [0.29, 0.717) is 12.2 Å². The van der Waals surface area contributed by atoms with Gasteiger partial charge in [0.15, 0.2) is 0 Å². The topological polar surface area (TPSA) is 46.5 Å². The number of hydrogen-bond acceptors (Lipinski definition) is 3. The van der Waals surface area contributed by atoms with Gasteiger partial charge in [0, 0.05) is 12.5 Å². The molecule has 27 heavy (non-hydrogen) atoms. The summed E-state index contributed by atoms with van der Waals surface area (Å²) in [5.74, 6) is 0.298. The molecule has 0 amide bonds. The molecule has 0 fully saturated rings. The predicted octanol–water partition coefficient (Wildman–Crippen LogP) is 7.34. The average molecular weight is 375 g/mol. The molecule has 0 aliphatic carbocycles. The van der Waals surface area contributed by atoms with E-state index in [1.807, 2.05) is 0 Å². The van der Waals surface area contributed by atoms with Crippen LogP contribution >= 0.6 is 0 Å². The summed E-state index contributed by atoms with van der Waals surface area (Å²) >= 11 is 0. The summed E-state index contributed by atoms with van der Waals surface area (Å²) in [6.07, 6.45) is 21.3. The highest BCUT2D eigenvalue weighted by atomic mass is 16.5. The molecule has 0 unspecified atom stereocenters. The molecule has 3 heteroatoms. The van der Waals surface area contributed by atoms with Crippen molar-refractivity contribution in [3.05, 3.63) is 36.4 Å². The first-order valence-electron chi connectivity index (χ1n) is 10.9. The van der Waals surface area contributed by atoms with Gasteiger partial charge >= 0.3 is 5.97 Å². The van der Waals surface area contributed by atoms with Crippen molar-refractivity contribution in [1.82, 2.24) is 0 Å². The van der Waals surface area contributed by atoms with Crippen molar-refractivity contribution in [3.8, 4) is 11.5 Å². The van der Waals surface area contributed by atoms with Crippen LogP contribution in [0.2, 0.25) is 0 Å². The molecule has 0 heterocycles. The molecule has 0 saturated carbocycles. The van der Waals surface area contributed by atoms with Crippen LogP contribution in [0.3, 0.4) is 0 Å². The molecule has 0 bridgehead atoms. The fourth-order valence-corrected chi connectivity index (χ4v) is 3.07. The molecule has 3 nitrogen and oxygen atoms in total. The summed E-state index contributed by atoms with van der Waals surface area (Å²) in [5.41, 5.74) is 0. The molecule has 0 aliphatic heterocycles. The van der Waals surface area contributed by atoms with E-state index in [0.717, 1.165) is 12.8 Å². The largest absolute Gasteiger partial charge is 0.508 e. The number of aromatic hydroxyl groups is 1. The third kappa shape index (κ3) is 14.0. The standard InChI is InChI=1S/C24H38O3/c1-2-3-4-5-6-7-8-9-10-11-12-13-14-15-16-20-24(26)27-23-19-17-18-22(25)21-23/h9-10,17-19,21,25H,2-8,11-16,20H2,1H3. The van der Waals surface area contributed by atoms with E-state index in [2.05, 4.69) is 19.1 Å². The number of ether oxygens (including phenoxy) is 1. The average Bonchev–Trinajstić information content (AvgIpc) is 2.65. The van der Waals surface area contributed by atoms with Crippen molar-refractivity contribution in [3.63, 3.8) is 0 Å². The molecule has 152 valence electrons. The van der Waals surface area contributed by atoms with E-state index < -0.39 is 0 Å². The molecular formula is C24H38O3. The summed E-state index contributed by atoms with van der Waals surface area (Å²) in [6, 6.07) is 6.36. The summed E-state index contributed by atoms with van der Waals surface area (Å²) in [6.45, 7) is 2.26. The van der Waals surface area contributed by atoms with Gasteiger partial charge in [0.25, 0.3) is 0 Å². The number of benzene rings is 1. The lowest BCUT2D eigenvalue weighted by atomic mass is 10.1. The maximum absolute atomic E-state index is 11.7. The Morgan fingerprint density at radius 3 is 2.11 bits per heavy atom. The number of carbonyl (C=O) groups excluding carboxylic acids is 1. The first kappa shape index (κ1) is 23.3.